The maximum atomic E-state index is 14.1. The van der Waals surface area contributed by atoms with E-state index in [0.29, 0.717) is 45.8 Å². The molecule has 4 aromatic rings. The second kappa shape index (κ2) is 11.7. The average molecular weight is 507 g/mol. The second-order valence-electron chi connectivity index (χ2n) is 8.06. The SMILES string of the molecule is COc1ccc(C(=O)N[C@H](Cc2ccccc2)c2nnc(SCc3ccccc3F)n2C)c(OC)c1. The van der Waals surface area contributed by atoms with E-state index in [1.807, 2.05) is 41.9 Å². The molecule has 36 heavy (non-hydrogen) atoms. The Kier molecular flexibility index (Phi) is 8.22. The third kappa shape index (κ3) is 5.85. The standard InChI is InChI=1S/C27H27FN4O3S/c1-32-25(30-31-27(32)36-17-19-11-7-8-12-22(19)28)23(15-18-9-5-4-6-10-18)29-26(33)21-14-13-20(34-2)16-24(21)35-3/h4-14,16,23H,15,17H2,1-3H3,(H,29,33)/t23-/m1/s1. The molecule has 0 aliphatic carbocycles. The molecule has 0 bridgehead atoms. The summed E-state index contributed by atoms with van der Waals surface area (Å²) < 4.78 is 26.6. The van der Waals surface area contributed by atoms with Gasteiger partial charge >= 0.3 is 0 Å². The molecule has 3 aromatic carbocycles. The van der Waals surface area contributed by atoms with Gasteiger partial charge in [-0.1, -0.05) is 60.3 Å². The van der Waals surface area contributed by atoms with Crippen LogP contribution in [0.15, 0.2) is 78.0 Å². The number of rotatable bonds is 10. The molecule has 0 spiro atoms. The van der Waals surface area contributed by atoms with E-state index in [2.05, 4.69) is 15.5 Å². The molecule has 0 unspecified atom stereocenters. The highest BCUT2D eigenvalue weighted by molar-refractivity contribution is 7.98. The summed E-state index contributed by atoms with van der Waals surface area (Å²) in [5, 5.41) is 12.4. The zero-order valence-electron chi connectivity index (χ0n) is 20.3. The molecule has 1 amide bonds. The normalized spacial score (nSPS) is 11.7. The number of methoxy groups -OCH3 is 2. The summed E-state index contributed by atoms with van der Waals surface area (Å²) in [6.07, 6.45) is 0.509. The Morgan fingerprint density at radius 1 is 1.03 bits per heavy atom. The molecule has 1 atom stereocenters. The first-order valence-corrected chi connectivity index (χ1v) is 12.3. The molecular formula is C27H27FN4O3S. The number of hydrogen-bond acceptors (Lipinski definition) is 6. The zero-order chi connectivity index (χ0) is 25.5. The molecule has 1 heterocycles. The Morgan fingerprint density at radius 3 is 2.50 bits per heavy atom. The van der Waals surface area contributed by atoms with E-state index in [1.54, 1.807) is 43.5 Å². The van der Waals surface area contributed by atoms with Crippen LogP contribution in [-0.4, -0.2) is 34.9 Å². The van der Waals surface area contributed by atoms with Gasteiger partial charge in [0, 0.05) is 18.9 Å². The van der Waals surface area contributed by atoms with Crippen molar-refractivity contribution < 1.29 is 18.7 Å². The maximum absolute atomic E-state index is 14.1. The van der Waals surface area contributed by atoms with Gasteiger partial charge in [0.2, 0.25) is 0 Å². The van der Waals surface area contributed by atoms with Gasteiger partial charge in [0.1, 0.15) is 17.3 Å². The van der Waals surface area contributed by atoms with Crippen LogP contribution in [0.1, 0.15) is 33.4 Å². The fourth-order valence-electron chi connectivity index (χ4n) is 3.79. The maximum Gasteiger partial charge on any atom is 0.255 e. The molecule has 1 aromatic heterocycles. The van der Waals surface area contributed by atoms with Crippen LogP contribution in [0.2, 0.25) is 0 Å². The number of benzene rings is 3. The lowest BCUT2D eigenvalue weighted by Crippen LogP contribution is -2.32. The number of amides is 1. The monoisotopic (exact) mass is 506 g/mol. The molecule has 0 saturated heterocycles. The Balaban J connectivity index is 1.59. The number of nitrogens with one attached hydrogen (secondary N) is 1. The summed E-state index contributed by atoms with van der Waals surface area (Å²) in [6, 6.07) is 21.1. The predicted octanol–water partition coefficient (Wildman–Crippen LogP) is 4.98. The van der Waals surface area contributed by atoms with Crippen molar-refractivity contribution in [3.63, 3.8) is 0 Å². The number of carbonyl (C=O) groups excluding carboxylic acids is 1. The number of hydrogen-bond donors (Lipinski definition) is 1. The van der Waals surface area contributed by atoms with Gasteiger partial charge in [-0.3, -0.25) is 4.79 Å². The van der Waals surface area contributed by atoms with Crippen LogP contribution < -0.4 is 14.8 Å². The van der Waals surface area contributed by atoms with Crippen molar-refractivity contribution in [2.24, 2.45) is 7.05 Å². The molecule has 186 valence electrons. The summed E-state index contributed by atoms with van der Waals surface area (Å²) in [7, 11) is 4.91. The van der Waals surface area contributed by atoms with Crippen molar-refractivity contribution in [3.05, 3.63) is 101 Å². The highest BCUT2D eigenvalue weighted by Crippen LogP contribution is 2.28. The van der Waals surface area contributed by atoms with Gasteiger partial charge in [0.15, 0.2) is 11.0 Å². The molecule has 0 saturated carbocycles. The van der Waals surface area contributed by atoms with Crippen LogP contribution >= 0.6 is 11.8 Å². The summed E-state index contributed by atoms with van der Waals surface area (Å²) in [5.74, 6) is 1.44. The molecule has 7 nitrogen and oxygen atoms in total. The molecule has 0 aliphatic rings. The number of thioether (sulfide) groups is 1. The largest absolute Gasteiger partial charge is 0.497 e. The Labute approximate surface area is 213 Å². The number of halogens is 1. The van der Waals surface area contributed by atoms with Gasteiger partial charge in [0.25, 0.3) is 5.91 Å². The van der Waals surface area contributed by atoms with Crippen LogP contribution in [0.5, 0.6) is 11.5 Å². The number of carbonyl (C=O) groups is 1. The smallest absolute Gasteiger partial charge is 0.255 e. The van der Waals surface area contributed by atoms with Crippen molar-refractivity contribution in [2.75, 3.05) is 14.2 Å². The first-order chi connectivity index (χ1) is 17.5. The molecule has 9 heteroatoms. The van der Waals surface area contributed by atoms with Crippen molar-refractivity contribution in [1.82, 2.24) is 20.1 Å². The van der Waals surface area contributed by atoms with E-state index in [4.69, 9.17) is 9.47 Å². The van der Waals surface area contributed by atoms with Crippen molar-refractivity contribution >= 4 is 17.7 Å². The molecule has 0 radical (unpaired) electrons. The number of nitrogens with zero attached hydrogens (tertiary/aromatic N) is 3. The van der Waals surface area contributed by atoms with Crippen LogP contribution in [-0.2, 0) is 19.2 Å². The van der Waals surface area contributed by atoms with Gasteiger partial charge in [-0.15, -0.1) is 10.2 Å². The van der Waals surface area contributed by atoms with Crippen molar-refractivity contribution in [2.45, 2.75) is 23.4 Å². The Morgan fingerprint density at radius 2 is 1.78 bits per heavy atom. The van der Waals surface area contributed by atoms with Crippen LogP contribution in [0, 0.1) is 5.82 Å². The second-order valence-corrected chi connectivity index (χ2v) is 9.00. The van der Waals surface area contributed by atoms with E-state index < -0.39 is 6.04 Å². The van der Waals surface area contributed by atoms with Crippen molar-refractivity contribution in [3.8, 4) is 11.5 Å². The first kappa shape index (κ1) is 25.2. The van der Waals surface area contributed by atoms with Gasteiger partial charge in [-0.2, -0.15) is 0 Å². The summed E-state index contributed by atoms with van der Waals surface area (Å²) in [4.78, 5) is 13.3. The summed E-state index contributed by atoms with van der Waals surface area (Å²) in [5.41, 5.74) is 2.01. The highest BCUT2D eigenvalue weighted by Gasteiger charge is 2.24. The average Bonchev–Trinajstić information content (AvgIpc) is 3.27. The third-order valence-corrected chi connectivity index (χ3v) is 6.81. The van der Waals surface area contributed by atoms with Gasteiger partial charge in [-0.25, -0.2) is 4.39 Å². The van der Waals surface area contributed by atoms with Gasteiger partial charge in [-0.05, 0) is 35.7 Å². The topological polar surface area (TPSA) is 78.3 Å². The summed E-state index contributed by atoms with van der Waals surface area (Å²) in [6.45, 7) is 0. The van der Waals surface area contributed by atoms with E-state index in [1.165, 1.54) is 24.9 Å². The predicted molar refractivity (Wildman–Crippen MR) is 137 cm³/mol. The zero-order valence-corrected chi connectivity index (χ0v) is 21.1. The lowest BCUT2D eigenvalue weighted by atomic mass is 10.0. The molecule has 1 N–H and O–H groups in total. The summed E-state index contributed by atoms with van der Waals surface area (Å²) >= 11 is 1.39. The molecular weight excluding hydrogens is 479 g/mol. The fraction of sp³-hybridized carbons (Fsp3) is 0.222. The third-order valence-electron chi connectivity index (χ3n) is 5.74. The minimum Gasteiger partial charge on any atom is -0.497 e. The fourth-order valence-corrected chi connectivity index (χ4v) is 4.70. The van der Waals surface area contributed by atoms with Gasteiger partial charge < -0.3 is 19.4 Å². The van der Waals surface area contributed by atoms with Gasteiger partial charge in [0.05, 0.1) is 25.8 Å². The van der Waals surface area contributed by atoms with Crippen LogP contribution in [0.25, 0.3) is 0 Å². The quantitative estimate of drug-likeness (QED) is 0.306. The van der Waals surface area contributed by atoms with E-state index in [9.17, 15) is 9.18 Å². The Bertz CT molecular complexity index is 1330. The van der Waals surface area contributed by atoms with E-state index in [-0.39, 0.29) is 11.7 Å². The first-order valence-electron chi connectivity index (χ1n) is 11.3. The Hall–Kier alpha value is -3.85. The number of ether oxygens (including phenoxy) is 2. The highest BCUT2D eigenvalue weighted by atomic mass is 32.2. The van der Waals surface area contributed by atoms with Crippen LogP contribution in [0.3, 0.4) is 0 Å². The van der Waals surface area contributed by atoms with E-state index in [0.717, 1.165) is 5.56 Å². The lowest BCUT2D eigenvalue weighted by Gasteiger charge is -2.19. The van der Waals surface area contributed by atoms with E-state index >= 15 is 0 Å². The number of aromatic nitrogens is 3. The lowest BCUT2D eigenvalue weighted by molar-refractivity contribution is 0.0931. The van der Waals surface area contributed by atoms with Crippen LogP contribution in [0.4, 0.5) is 4.39 Å². The molecule has 0 aliphatic heterocycles. The molecule has 0 fully saturated rings. The minimum atomic E-state index is -0.466. The molecule has 4 rings (SSSR count). The minimum absolute atomic E-state index is 0.255. The van der Waals surface area contributed by atoms with Crippen molar-refractivity contribution in [1.29, 1.82) is 0 Å².